The molecule has 0 bridgehead atoms. The molecule has 2 unspecified atom stereocenters. The average Bonchev–Trinajstić information content (AvgIpc) is 2.79. The molecule has 32 heavy (non-hydrogen) atoms. The number of hydrogen-bond donors (Lipinski definition) is 0. The molecule has 0 aliphatic carbocycles. The van der Waals surface area contributed by atoms with E-state index in [1.54, 1.807) is 0 Å². The molecule has 0 aliphatic heterocycles. The summed E-state index contributed by atoms with van der Waals surface area (Å²) in [6.45, 7) is 11.3. The first-order chi connectivity index (χ1) is 15.3. The lowest BCUT2D eigenvalue weighted by molar-refractivity contribution is -0.123. The van der Waals surface area contributed by atoms with Gasteiger partial charge in [0.25, 0.3) is 0 Å². The Morgan fingerprint density at radius 1 is 0.688 bits per heavy atom. The summed E-state index contributed by atoms with van der Waals surface area (Å²) in [6.07, 6.45) is 1.28. The van der Waals surface area contributed by atoms with E-state index in [-0.39, 0.29) is 11.8 Å². The van der Waals surface area contributed by atoms with Crippen LogP contribution >= 0.6 is 0 Å². The first kappa shape index (κ1) is 27.7. The molecule has 176 valence electrons. The van der Waals surface area contributed by atoms with Crippen molar-refractivity contribution in [3.8, 4) is 0 Å². The number of nitrogens with zero attached hydrogens (tertiary/aromatic N) is 2. The van der Waals surface area contributed by atoms with E-state index in [1.807, 2.05) is 58.8 Å². The van der Waals surface area contributed by atoms with Crippen LogP contribution < -0.4 is 0 Å². The predicted octanol–water partition coefficient (Wildman–Crippen LogP) is 5.47. The van der Waals surface area contributed by atoms with Crippen LogP contribution in [-0.4, -0.2) is 48.6 Å². The molecule has 0 aromatic heterocycles. The molecule has 4 nitrogen and oxygen atoms in total. The van der Waals surface area contributed by atoms with Gasteiger partial charge < -0.3 is 4.90 Å². The van der Waals surface area contributed by atoms with E-state index >= 15 is 0 Å². The van der Waals surface area contributed by atoms with Crippen molar-refractivity contribution in [2.45, 2.75) is 53.6 Å². The largest absolute Gasteiger partial charge is 0.309 e. The van der Waals surface area contributed by atoms with Crippen LogP contribution in [0.3, 0.4) is 0 Å². The van der Waals surface area contributed by atoms with Crippen molar-refractivity contribution in [2.24, 2.45) is 11.8 Å². The third-order valence-electron chi connectivity index (χ3n) is 5.47. The smallest absolute Gasteiger partial charge is 0.136 e. The molecule has 4 heteroatoms. The van der Waals surface area contributed by atoms with Gasteiger partial charge in [0.2, 0.25) is 0 Å². The number of hydrogen-bond acceptors (Lipinski definition) is 4. The molecule has 0 aliphatic rings. The first-order valence-electron chi connectivity index (χ1n) is 11.8. The molecule has 2 aromatic rings. The quantitative estimate of drug-likeness (QED) is 0.441. The second-order valence-electron chi connectivity index (χ2n) is 8.84. The minimum absolute atomic E-state index is 0.0809. The van der Waals surface area contributed by atoms with E-state index in [0.717, 1.165) is 26.2 Å². The van der Waals surface area contributed by atoms with Crippen molar-refractivity contribution in [1.82, 2.24) is 9.80 Å². The Hall–Kier alpha value is -2.30. The zero-order valence-corrected chi connectivity index (χ0v) is 20.9. The number of ketones is 2. The summed E-state index contributed by atoms with van der Waals surface area (Å²) in [7, 11) is 3.97. The molecule has 0 N–H and O–H groups in total. The van der Waals surface area contributed by atoms with E-state index in [4.69, 9.17) is 0 Å². The maximum atomic E-state index is 11.9. The Morgan fingerprint density at radius 3 is 1.41 bits per heavy atom. The fourth-order valence-corrected chi connectivity index (χ4v) is 3.70. The van der Waals surface area contributed by atoms with Crippen LogP contribution in [0.2, 0.25) is 0 Å². The van der Waals surface area contributed by atoms with Gasteiger partial charge in [-0.05, 0) is 25.2 Å². The third-order valence-corrected chi connectivity index (χ3v) is 5.47. The van der Waals surface area contributed by atoms with Crippen LogP contribution in [0.1, 0.15) is 51.7 Å². The van der Waals surface area contributed by atoms with Crippen molar-refractivity contribution in [1.29, 1.82) is 0 Å². The van der Waals surface area contributed by atoms with Gasteiger partial charge in [0, 0.05) is 50.9 Å². The molecule has 0 amide bonds. The summed E-state index contributed by atoms with van der Waals surface area (Å²) in [6, 6.07) is 20.9. The average molecular weight is 439 g/mol. The highest BCUT2D eigenvalue weighted by Crippen LogP contribution is 2.13. The van der Waals surface area contributed by atoms with Crippen LogP contribution in [0.15, 0.2) is 60.7 Å². The van der Waals surface area contributed by atoms with Crippen molar-refractivity contribution in [2.75, 3.05) is 27.2 Å². The number of benzene rings is 2. The lowest BCUT2D eigenvalue weighted by atomic mass is 10.0. The van der Waals surface area contributed by atoms with Gasteiger partial charge in [-0.1, -0.05) is 88.4 Å². The zero-order valence-electron chi connectivity index (χ0n) is 20.9. The van der Waals surface area contributed by atoms with Crippen molar-refractivity contribution in [3.05, 3.63) is 71.8 Å². The monoisotopic (exact) mass is 438 g/mol. The molecular formula is C28H42N2O2. The Bertz CT molecular complexity index is 733. The van der Waals surface area contributed by atoms with Gasteiger partial charge in [0.15, 0.2) is 0 Å². The lowest BCUT2D eigenvalue weighted by Gasteiger charge is -2.25. The summed E-state index contributed by atoms with van der Waals surface area (Å²) in [5, 5.41) is 0. The number of Topliss-reactive ketones (excluding diaryl/α,β-unsaturated/α-hetero) is 2. The number of rotatable bonds is 12. The van der Waals surface area contributed by atoms with Gasteiger partial charge in [-0.25, -0.2) is 0 Å². The summed E-state index contributed by atoms with van der Waals surface area (Å²) in [4.78, 5) is 27.3. The third kappa shape index (κ3) is 11.4. The lowest BCUT2D eigenvalue weighted by Crippen LogP contribution is -2.31. The van der Waals surface area contributed by atoms with E-state index in [0.29, 0.717) is 24.4 Å². The Labute approximate surface area is 195 Å². The van der Waals surface area contributed by atoms with E-state index in [9.17, 15) is 9.59 Å². The SMILES string of the molecule is CCC(=O)C(C)CN(C)C.CCC(=O)C(C)CN(Cc1ccccc1)Cc1ccccc1. The highest BCUT2D eigenvalue weighted by Gasteiger charge is 2.16. The topological polar surface area (TPSA) is 40.6 Å². The second kappa shape index (κ2) is 15.5. The predicted molar refractivity (Wildman–Crippen MR) is 134 cm³/mol. The first-order valence-corrected chi connectivity index (χ1v) is 11.8. The van der Waals surface area contributed by atoms with Crippen molar-refractivity contribution in [3.63, 3.8) is 0 Å². The van der Waals surface area contributed by atoms with Gasteiger partial charge in [-0.2, -0.15) is 0 Å². The summed E-state index contributed by atoms with van der Waals surface area (Å²) in [5.41, 5.74) is 2.57. The molecule has 0 fully saturated rings. The van der Waals surface area contributed by atoms with Crippen LogP contribution in [0, 0.1) is 11.8 Å². The fourth-order valence-electron chi connectivity index (χ4n) is 3.70. The Kier molecular flexibility index (Phi) is 13.4. The summed E-state index contributed by atoms with van der Waals surface area (Å²) in [5.74, 6) is 0.970. The molecular weight excluding hydrogens is 396 g/mol. The van der Waals surface area contributed by atoms with Gasteiger partial charge in [-0.3, -0.25) is 14.5 Å². The van der Waals surface area contributed by atoms with Crippen LogP contribution in [-0.2, 0) is 22.7 Å². The highest BCUT2D eigenvalue weighted by molar-refractivity contribution is 5.80. The number of carbonyl (C=O) groups is 2. The van der Waals surface area contributed by atoms with Gasteiger partial charge >= 0.3 is 0 Å². The summed E-state index contributed by atoms with van der Waals surface area (Å²) < 4.78 is 0. The molecule has 0 spiro atoms. The normalized spacial score (nSPS) is 12.8. The number of carbonyl (C=O) groups excluding carboxylic acids is 2. The van der Waals surface area contributed by atoms with E-state index in [1.165, 1.54) is 11.1 Å². The standard InChI is InChI=1S/C20H25NO.C8H17NO/c1-3-20(22)17(2)14-21(15-18-10-6-4-7-11-18)16-19-12-8-5-9-13-19;1-5-8(10)7(2)6-9(3)4/h4-13,17H,3,14-16H2,1-2H3;7H,5-6H2,1-4H3. The van der Waals surface area contributed by atoms with Gasteiger partial charge in [0.1, 0.15) is 11.6 Å². The molecule has 2 rings (SSSR count). The molecule has 2 atom stereocenters. The summed E-state index contributed by atoms with van der Waals surface area (Å²) >= 11 is 0. The maximum Gasteiger partial charge on any atom is 0.136 e. The molecule has 2 aromatic carbocycles. The molecule has 0 radical (unpaired) electrons. The second-order valence-corrected chi connectivity index (χ2v) is 8.84. The van der Waals surface area contributed by atoms with E-state index in [2.05, 4.69) is 53.4 Å². The minimum atomic E-state index is 0.0809. The van der Waals surface area contributed by atoms with Crippen LogP contribution in [0.5, 0.6) is 0 Å². The molecule has 0 heterocycles. The van der Waals surface area contributed by atoms with Gasteiger partial charge in [-0.15, -0.1) is 0 Å². The zero-order chi connectivity index (χ0) is 23.9. The van der Waals surface area contributed by atoms with Gasteiger partial charge in [0.05, 0.1) is 0 Å². The molecule has 0 saturated heterocycles. The Morgan fingerprint density at radius 2 is 1.06 bits per heavy atom. The fraction of sp³-hybridized carbons (Fsp3) is 0.500. The van der Waals surface area contributed by atoms with E-state index < -0.39 is 0 Å². The van der Waals surface area contributed by atoms with Crippen LogP contribution in [0.4, 0.5) is 0 Å². The Balaban J connectivity index is 0.000000433. The highest BCUT2D eigenvalue weighted by atomic mass is 16.1. The maximum absolute atomic E-state index is 11.9. The minimum Gasteiger partial charge on any atom is -0.309 e. The van der Waals surface area contributed by atoms with Crippen molar-refractivity contribution < 1.29 is 9.59 Å². The van der Waals surface area contributed by atoms with Crippen LogP contribution in [0.25, 0.3) is 0 Å². The van der Waals surface area contributed by atoms with Crippen molar-refractivity contribution >= 4 is 11.6 Å². The molecule has 0 saturated carbocycles.